The van der Waals surface area contributed by atoms with Crippen LogP contribution in [0.3, 0.4) is 0 Å². The van der Waals surface area contributed by atoms with E-state index in [1.54, 1.807) is 7.11 Å². The van der Waals surface area contributed by atoms with Gasteiger partial charge in [0.25, 0.3) is 0 Å². The predicted molar refractivity (Wildman–Crippen MR) is 68.9 cm³/mol. The second kappa shape index (κ2) is 5.73. The molecule has 0 saturated heterocycles. The molecule has 19 heavy (non-hydrogen) atoms. The maximum absolute atomic E-state index is 11.7. The van der Waals surface area contributed by atoms with Crippen LogP contribution < -0.4 is 10.1 Å². The van der Waals surface area contributed by atoms with Gasteiger partial charge in [-0.1, -0.05) is 18.2 Å². The molecule has 0 heterocycles. The number of carboxylic acids is 1. The quantitative estimate of drug-likeness (QED) is 0.805. The van der Waals surface area contributed by atoms with Crippen molar-refractivity contribution < 1.29 is 19.4 Å². The van der Waals surface area contributed by atoms with Gasteiger partial charge in [0, 0.05) is 6.54 Å². The fourth-order valence-electron chi connectivity index (χ4n) is 2.12. The van der Waals surface area contributed by atoms with Crippen LogP contribution >= 0.6 is 0 Å². The molecule has 0 aromatic heterocycles. The van der Waals surface area contributed by atoms with Crippen LogP contribution in [0, 0.1) is 11.8 Å². The Kier molecular flexibility index (Phi) is 4.04. The van der Waals surface area contributed by atoms with Crippen LogP contribution in [0.1, 0.15) is 12.0 Å². The second-order valence-corrected chi connectivity index (χ2v) is 4.64. The van der Waals surface area contributed by atoms with E-state index in [1.807, 2.05) is 24.3 Å². The highest BCUT2D eigenvalue weighted by atomic mass is 16.5. The van der Waals surface area contributed by atoms with Gasteiger partial charge >= 0.3 is 5.97 Å². The van der Waals surface area contributed by atoms with E-state index in [1.165, 1.54) is 0 Å². The van der Waals surface area contributed by atoms with Gasteiger partial charge in [-0.3, -0.25) is 9.59 Å². The summed E-state index contributed by atoms with van der Waals surface area (Å²) in [7, 11) is 1.61. The Hall–Kier alpha value is -2.04. The largest absolute Gasteiger partial charge is 0.496 e. The summed E-state index contributed by atoms with van der Waals surface area (Å²) in [5.74, 6) is -1.10. The molecule has 0 radical (unpaired) electrons. The number of amides is 1. The number of carbonyl (C=O) groups excluding carboxylic acids is 1. The highest BCUT2D eigenvalue weighted by Gasteiger charge is 2.48. The fourth-order valence-corrected chi connectivity index (χ4v) is 2.12. The number of methoxy groups -OCH3 is 1. The number of hydrogen-bond acceptors (Lipinski definition) is 3. The zero-order chi connectivity index (χ0) is 13.8. The molecule has 1 saturated carbocycles. The first kappa shape index (κ1) is 13.4. The van der Waals surface area contributed by atoms with Gasteiger partial charge in [0.15, 0.2) is 0 Å². The molecular weight excluding hydrogens is 246 g/mol. The third kappa shape index (κ3) is 3.24. The van der Waals surface area contributed by atoms with E-state index in [4.69, 9.17) is 9.84 Å². The van der Waals surface area contributed by atoms with Crippen LogP contribution in [0.4, 0.5) is 0 Å². The second-order valence-electron chi connectivity index (χ2n) is 4.64. The maximum atomic E-state index is 11.7. The molecule has 2 atom stereocenters. The number of hydrogen-bond donors (Lipinski definition) is 2. The van der Waals surface area contributed by atoms with Gasteiger partial charge < -0.3 is 15.2 Å². The number of benzene rings is 1. The highest BCUT2D eigenvalue weighted by Crippen LogP contribution is 2.38. The molecule has 1 aliphatic rings. The first-order valence-electron chi connectivity index (χ1n) is 6.26. The molecule has 1 amide bonds. The Morgan fingerprint density at radius 2 is 2.11 bits per heavy atom. The van der Waals surface area contributed by atoms with E-state index in [2.05, 4.69) is 5.32 Å². The van der Waals surface area contributed by atoms with Crippen molar-refractivity contribution in [3.8, 4) is 5.75 Å². The standard InChI is InChI=1S/C14H17NO4/c1-19-12-5-3-2-4-9(12)6-7-15-13(16)10-8-11(10)14(17)18/h2-5,10-11H,6-8H2,1H3,(H,15,16)(H,17,18). The Balaban J connectivity index is 1.78. The number of carboxylic acid groups (broad SMARTS) is 1. The molecule has 0 spiro atoms. The third-order valence-corrected chi connectivity index (χ3v) is 3.33. The number of para-hydroxylation sites is 1. The minimum atomic E-state index is -0.884. The zero-order valence-corrected chi connectivity index (χ0v) is 10.8. The minimum absolute atomic E-state index is 0.165. The van der Waals surface area contributed by atoms with Crippen molar-refractivity contribution in [3.05, 3.63) is 29.8 Å². The third-order valence-electron chi connectivity index (χ3n) is 3.33. The Labute approximate surface area is 111 Å². The number of rotatable bonds is 6. The van der Waals surface area contributed by atoms with E-state index < -0.39 is 11.9 Å². The van der Waals surface area contributed by atoms with Gasteiger partial charge in [-0.2, -0.15) is 0 Å². The molecule has 2 rings (SSSR count). The van der Waals surface area contributed by atoms with Gasteiger partial charge in [-0.15, -0.1) is 0 Å². The average molecular weight is 263 g/mol. The summed E-state index contributed by atoms with van der Waals surface area (Å²) in [6.07, 6.45) is 1.12. The zero-order valence-electron chi connectivity index (χ0n) is 10.8. The Morgan fingerprint density at radius 3 is 2.74 bits per heavy atom. The van der Waals surface area contributed by atoms with E-state index in [9.17, 15) is 9.59 Å². The molecule has 102 valence electrons. The SMILES string of the molecule is COc1ccccc1CCNC(=O)C1CC1C(=O)O. The minimum Gasteiger partial charge on any atom is -0.496 e. The number of carbonyl (C=O) groups is 2. The van der Waals surface area contributed by atoms with Crippen LogP contribution in [-0.2, 0) is 16.0 Å². The van der Waals surface area contributed by atoms with Crippen molar-refractivity contribution in [3.63, 3.8) is 0 Å². The van der Waals surface area contributed by atoms with Crippen molar-refractivity contribution in [2.24, 2.45) is 11.8 Å². The Morgan fingerprint density at radius 1 is 1.37 bits per heavy atom. The van der Waals surface area contributed by atoms with E-state index in [0.29, 0.717) is 19.4 Å². The van der Waals surface area contributed by atoms with E-state index >= 15 is 0 Å². The van der Waals surface area contributed by atoms with Crippen LogP contribution in [0.2, 0.25) is 0 Å². The summed E-state index contributed by atoms with van der Waals surface area (Å²) in [6, 6.07) is 7.63. The van der Waals surface area contributed by atoms with Gasteiger partial charge in [0.05, 0.1) is 18.9 Å². The average Bonchev–Trinajstić information content (AvgIpc) is 3.19. The molecule has 1 aromatic carbocycles. The van der Waals surface area contributed by atoms with Crippen molar-refractivity contribution >= 4 is 11.9 Å². The molecule has 1 fully saturated rings. The first-order chi connectivity index (χ1) is 9.13. The molecule has 0 aliphatic heterocycles. The number of ether oxygens (including phenoxy) is 1. The normalized spacial score (nSPS) is 20.7. The molecule has 5 nitrogen and oxygen atoms in total. The summed E-state index contributed by atoms with van der Waals surface area (Å²) >= 11 is 0. The smallest absolute Gasteiger partial charge is 0.307 e. The molecule has 5 heteroatoms. The van der Waals surface area contributed by atoms with Crippen LogP contribution in [0.5, 0.6) is 5.75 Å². The summed E-state index contributed by atoms with van der Waals surface area (Å²) < 4.78 is 5.22. The maximum Gasteiger partial charge on any atom is 0.307 e. The summed E-state index contributed by atoms with van der Waals surface area (Å²) in [4.78, 5) is 22.3. The van der Waals surface area contributed by atoms with Gasteiger partial charge in [-0.25, -0.2) is 0 Å². The first-order valence-corrected chi connectivity index (χ1v) is 6.26. The highest BCUT2D eigenvalue weighted by molar-refractivity contribution is 5.89. The summed E-state index contributed by atoms with van der Waals surface area (Å²) in [6.45, 7) is 0.488. The lowest BCUT2D eigenvalue weighted by atomic mass is 10.1. The molecular formula is C14H17NO4. The summed E-state index contributed by atoms with van der Waals surface area (Å²) in [5.41, 5.74) is 1.02. The summed E-state index contributed by atoms with van der Waals surface area (Å²) in [5, 5.41) is 11.5. The lowest BCUT2D eigenvalue weighted by Crippen LogP contribution is -2.28. The topological polar surface area (TPSA) is 75.6 Å². The van der Waals surface area contributed by atoms with Gasteiger partial charge in [0.2, 0.25) is 5.91 Å². The lowest BCUT2D eigenvalue weighted by Gasteiger charge is -2.08. The van der Waals surface area contributed by atoms with Crippen molar-refractivity contribution in [1.82, 2.24) is 5.32 Å². The molecule has 1 aliphatic carbocycles. The van der Waals surface area contributed by atoms with Crippen molar-refractivity contribution in [2.45, 2.75) is 12.8 Å². The van der Waals surface area contributed by atoms with Crippen LogP contribution in [-0.4, -0.2) is 30.6 Å². The lowest BCUT2D eigenvalue weighted by molar-refractivity contribution is -0.140. The van der Waals surface area contributed by atoms with E-state index in [-0.39, 0.29) is 11.8 Å². The molecule has 2 unspecified atom stereocenters. The van der Waals surface area contributed by atoms with Crippen LogP contribution in [0.25, 0.3) is 0 Å². The van der Waals surface area contributed by atoms with Gasteiger partial charge in [0.1, 0.15) is 5.75 Å². The van der Waals surface area contributed by atoms with Crippen molar-refractivity contribution in [2.75, 3.05) is 13.7 Å². The number of nitrogens with one attached hydrogen (secondary N) is 1. The molecule has 1 aromatic rings. The van der Waals surface area contributed by atoms with Crippen LogP contribution in [0.15, 0.2) is 24.3 Å². The Bertz CT molecular complexity index is 486. The predicted octanol–water partition coefficient (Wildman–Crippen LogP) is 1.07. The fraction of sp³-hybridized carbons (Fsp3) is 0.429. The van der Waals surface area contributed by atoms with Gasteiger partial charge in [-0.05, 0) is 24.5 Å². The van der Waals surface area contributed by atoms with E-state index in [0.717, 1.165) is 11.3 Å². The molecule has 0 bridgehead atoms. The van der Waals surface area contributed by atoms with Crippen molar-refractivity contribution in [1.29, 1.82) is 0 Å². The number of aliphatic carboxylic acids is 1. The monoisotopic (exact) mass is 263 g/mol. The molecule has 2 N–H and O–H groups in total.